The smallest absolute Gasteiger partial charge is 0.0967 e. The third-order valence-corrected chi connectivity index (χ3v) is 1.83. The average Bonchev–Trinajstić information content (AvgIpc) is 1.89. The zero-order valence-electron chi connectivity index (χ0n) is 6.72. The lowest BCUT2D eigenvalue weighted by Crippen LogP contribution is -2.12. The van der Waals surface area contributed by atoms with Crippen molar-refractivity contribution in [3.05, 3.63) is 0 Å². The van der Waals surface area contributed by atoms with Crippen molar-refractivity contribution in [3.63, 3.8) is 0 Å². The van der Waals surface area contributed by atoms with E-state index in [0.717, 1.165) is 12.8 Å². The van der Waals surface area contributed by atoms with Gasteiger partial charge >= 0.3 is 0 Å². The van der Waals surface area contributed by atoms with Crippen LogP contribution >= 0.6 is 12.6 Å². The second kappa shape index (κ2) is 4.62. The van der Waals surface area contributed by atoms with Crippen LogP contribution in [0.15, 0.2) is 0 Å². The Labute approximate surface area is 68.8 Å². The molecule has 0 aliphatic heterocycles. The summed E-state index contributed by atoms with van der Waals surface area (Å²) in [6.07, 6.45) is 4.43. The minimum atomic E-state index is -0.408. The summed E-state index contributed by atoms with van der Waals surface area (Å²) < 4.78 is -0.408. The van der Waals surface area contributed by atoms with Crippen LogP contribution in [0.1, 0.15) is 39.5 Å². The molecule has 0 amide bonds. The van der Waals surface area contributed by atoms with E-state index in [9.17, 15) is 0 Å². The largest absolute Gasteiger partial charge is 0.197 e. The van der Waals surface area contributed by atoms with Crippen LogP contribution in [0, 0.1) is 11.3 Å². The standard InChI is InChI=1S/C8H15NS/c1-3-4-5-6-8(2,10)7-9/h10H,3-6H2,1-2H3. The first-order valence-corrected chi connectivity index (χ1v) is 4.21. The summed E-state index contributed by atoms with van der Waals surface area (Å²) in [6, 6.07) is 2.16. The third kappa shape index (κ3) is 4.69. The van der Waals surface area contributed by atoms with Gasteiger partial charge in [-0.05, 0) is 13.3 Å². The number of hydrogen-bond donors (Lipinski definition) is 1. The molecule has 0 aliphatic rings. The Hall–Kier alpha value is -0.160. The van der Waals surface area contributed by atoms with Gasteiger partial charge in [-0.3, -0.25) is 0 Å². The highest BCUT2D eigenvalue weighted by atomic mass is 32.1. The number of unbranched alkanes of at least 4 members (excludes halogenated alkanes) is 2. The molecule has 0 fully saturated rings. The van der Waals surface area contributed by atoms with Gasteiger partial charge in [0.05, 0.1) is 10.8 Å². The zero-order valence-corrected chi connectivity index (χ0v) is 7.62. The fourth-order valence-corrected chi connectivity index (χ4v) is 0.933. The molecule has 0 aromatic heterocycles. The molecule has 0 heterocycles. The Kier molecular flexibility index (Phi) is 4.55. The molecule has 10 heavy (non-hydrogen) atoms. The van der Waals surface area contributed by atoms with E-state index in [-0.39, 0.29) is 0 Å². The fraction of sp³-hybridized carbons (Fsp3) is 0.875. The van der Waals surface area contributed by atoms with Gasteiger partial charge in [-0.1, -0.05) is 26.2 Å². The molecule has 0 N–H and O–H groups in total. The van der Waals surface area contributed by atoms with E-state index < -0.39 is 4.75 Å². The van der Waals surface area contributed by atoms with Crippen molar-refractivity contribution in [2.45, 2.75) is 44.3 Å². The number of nitriles is 1. The fourth-order valence-electron chi connectivity index (χ4n) is 0.775. The summed E-state index contributed by atoms with van der Waals surface area (Å²) in [5.41, 5.74) is 0. The van der Waals surface area contributed by atoms with Crippen molar-refractivity contribution in [2.75, 3.05) is 0 Å². The molecule has 1 unspecified atom stereocenters. The maximum absolute atomic E-state index is 8.57. The third-order valence-electron chi connectivity index (χ3n) is 1.51. The second-order valence-electron chi connectivity index (χ2n) is 2.84. The maximum atomic E-state index is 8.57. The van der Waals surface area contributed by atoms with Crippen LogP contribution in [0.5, 0.6) is 0 Å². The quantitative estimate of drug-likeness (QED) is 0.492. The van der Waals surface area contributed by atoms with E-state index in [1.807, 2.05) is 6.92 Å². The molecule has 58 valence electrons. The maximum Gasteiger partial charge on any atom is 0.0967 e. The molecule has 0 bridgehead atoms. The molecule has 1 nitrogen and oxygen atoms in total. The highest BCUT2D eigenvalue weighted by Gasteiger charge is 2.15. The zero-order chi connectivity index (χ0) is 8.04. The number of hydrogen-bond acceptors (Lipinski definition) is 2. The van der Waals surface area contributed by atoms with E-state index in [1.165, 1.54) is 12.8 Å². The van der Waals surface area contributed by atoms with Crippen LogP contribution in [0.4, 0.5) is 0 Å². The molecule has 0 aliphatic carbocycles. The van der Waals surface area contributed by atoms with Crippen molar-refractivity contribution >= 4 is 12.6 Å². The molecular formula is C8H15NS. The van der Waals surface area contributed by atoms with Crippen LogP contribution < -0.4 is 0 Å². The summed E-state index contributed by atoms with van der Waals surface area (Å²) in [5, 5.41) is 8.57. The Balaban J connectivity index is 3.40. The lowest BCUT2D eigenvalue weighted by Gasteiger charge is -2.12. The normalized spacial score (nSPS) is 15.8. The summed E-state index contributed by atoms with van der Waals surface area (Å²) in [5.74, 6) is 0. The summed E-state index contributed by atoms with van der Waals surface area (Å²) >= 11 is 4.20. The van der Waals surface area contributed by atoms with Gasteiger partial charge in [0, 0.05) is 0 Å². The van der Waals surface area contributed by atoms with E-state index in [4.69, 9.17) is 5.26 Å². The van der Waals surface area contributed by atoms with Crippen LogP contribution in [-0.2, 0) is 0 Å². The Morgan fingerprint density at radius 3 is 2.50 bits per heavy atom. The number of thiol groups is 1. The lowest BCUT2D eigenvalue weighted by atomic mass is 10.0. The lowest BCUT2D eigenvalue weighted by molar-refractivity contribution is 0.617. The summed E-state index contributed by atoms with van der Waals surface area (Å²) in [7, 11) is 0. The second-order valence-corrected chi connectivity index (χ2v) is 3.83. The molecule has 0 saturated heterocycles. The van der Waals surface area contributed by atoms with Gasteiger partial charge in [0.2, 0.25) is 0 Å². The Morgan fingerprint density at radius 1 is 1.50 bits per heavy atom. The Morgan fingerprint density at radius 2 is 2.10 bits per heavy atom. The molecule has 0 spiro atoms. The van der Waals surface area contributed by atoms with Gasteiger partial charge in [-0.25, -0.2) is 0 Å². The predicted octanol–water partition coefficient (Wildman–Crippen LogP) is 2.78. The van der Waals surface area contributed by atoms with Crippen molar-refractivity contribution in [1.82, 2.24) is 0 Å². The van der Waals surface area contributed by atoms with Gasteiger partial charge in [0.1, 0.15) is 0 Å². The van der Waals surface area contributed by atoms with Crippen LogP contribution in [0.25, 0.3) is 0 Å². The number of rotatable bonds is 4. The molecule has 0 saturated carbocycles. The Bertz CT molecular complexity index is 124. The van der Waals surface area contributed by atoms with E-state index in [2.05, 4.69) is 25.6 Å². The molecule has 2 heteroatoms. The minimum Gasteiger partial charge on any atom is -0.197 e. The first kappa shape index (κ1) is 9.84. The van der Waals surface area contributed by atoms with Crippen LogP contribution in [0.2, 0.25) is 0 Å². The average molecular weight is 157 g/mol. The van der Waals surface area contributed by atoms with Gasteiger partial charge in [-0.2, -0.15) is 17.9 Å². The predicted molar refractivity (Wildman–Crippen MR) is 47.1 cm³/mol. The van der Waals surface area contributed by atoms with Crippen molar-refractivity contribution in [3.8, 4) is 6.07 Å². The highest BCUT2D eigenvalue weighted by Crippen LogP contribution is 2.20. The first-order chi connectivity index (χ1) is 4.62. The van der Waals surface area contributed by atoms with Gasteiger partial charge in [0.15, 0.2) is 0 Å². The summed E-state index contributed by atoms with van der Waals surface area (Å²) in [4.78, 5) is 0. The van der Waals surface area contributed by atoms with Gasteiger partial charge in [-0.15, -0.1) is 0 Å². The first-order valence-electron chi connectivity index (χ1n) is 3.76. The molecular weight excluding hydrogens is 142 g/mol. The minimum absolute atomic E-state index is 0.408. The SMILES string of the molecule is CCCCCC(C)(S)C#N. The molecule has 1 atom stereocenters. The van der Waals surface area contributed by atoms with Gasteiger partial charge < -0.3 is 0 Å². The van der Waals surface area contributed by atoms with Crippen molar-refractivity contribution < 1.29 is 0 Å². The molecule has 0 aromatic carbocycles. The molecule has 0 aromatic rings. The van der Waals surface area contributed by atoms with E-state index in [0.29, 0.717) is 0 Å². The van der Waals surface area contributed by atoms with E-state index >= 15 is 0 Å². The molecule has 0 radical (unpaired) electrons. The van der Waals surface area contributed by atoms with Crippen LogP contribution in [0.3, 0.4) is 0 Å². The highest BCUT2D eigenvalue weighted by molar-refractivity contribution is 7.82. The molecule has 0 rings (SSSR count). The van der Waals surface area contributed by atoms with Crippen molar-refractivity contribution in [1.29, 1.82) is 5.26 Å². The topological polar surface area (TPSA) is 23.8 Å². The monoisotopic (exact) mass is 157 g/mol. The van der Waals surface area contributed by atoms with E-state index in [1.54, 1.807) is 0 Å². The number of nitrogens with zero attached hydrogens (tertiary/aromatic N) is 1. The van der Waals surface area contributed by atoms with Crippen LogP contribution in [-0.4, -0.2) is 4.75 Å². The van der Waals surface area contributed by atoms with Crippen molar-refractivity contribution in [2.24, 2.45) is 0 Å². The van der Waals surface area contributed by atoms with Gasteiger partial charge in [0.25, 0.3) is 0 Å². The summed E-state index contributed by atoms with van der Waals surface area (Å²) in [6.45, 7) is 4.02.